The molecule has 1 aliphatic heterocycles. The second-order valence-corrected chi connectivity index (χ2v) is 12.4. The Kier molecular flexibility index (Phi) is 10.0. The lowest BCUT2D eigenvalue weighted by molar-refractivity contribution is -0.137. The number of hydrogen-bond donors (Lipinski definition) is 1. The van der Waals surface area contributed by atoms with E-state index in [1.807, 2.05) is 36.4 Å². The molecule has 3 aromatic carbocycles. The van der Waals surface area contributed by atoms with Crippen LogP contribution in [0.2, 0.25) is 10.0 Å². The molecular formula is C32H30Cl2O7S. The molecule has 1 N–H and O–H groups in total. The third-order valence-electron chi connectivity index (χ3n) is 6.80. The lowest BCUT2D eigenvalue weighted by Gasteiger charge is -2.20. The number of carboxylic acid groups (broad SMARTS) is 1. The number of benzene rings is 3. The van der Waals surface area contributed by atoms with E-state index in [1.54, 1.807) is 18.2 Å². The molecule has 0 unspecified atom stereocenters. The Morgan fingerprint density at radius 2 is 1.76 bits per heavy atom. The number of fused-ring (bicyclic) bond motifs is 1. The Balaban J connectivity index is 1.56. The molecule has 0 aliphatic carbocycles. The molecule has 0 fully saturated rings. The first kappa shape index (κ1) is 31.2. The lowest BCUT2D eigenvalue weighted by atomic mass is 9.92. The normalized spacial score (nSPS) is 14.0. The Bertz CT molecular complexity index is 1610. The number of sulfone groups is 1. The predicted octanol–water partition coefficient (Wildman–Crippen LogP) is 7.80. The van der Waals surface area contributed by atoms with Crippen molar-refractivity contribution < 1.29 is 32.5 Å². The van der Waals surface area contributed by atoms with Crippen LogP contribution in [0.5, 0.6) is 17.2 Å². The van der Waals surface area contributed by atoms with Gasteiger partial charge in [-0.05, 0) is 35.2 Å². The number of carboxylic acids is 1. The lowest BCUT2D eigenvalue weighted by Crippen LogP contribution is -2.08. The Hall–Kier alpha value is -3.72. The molecule has 7 nitrogen and oxygen atoms in total. The summed E-state index contributed by atoms with van der Waals surface area (Å²) in [7, 11) is -3.35. The summed E-state index contributed by atoms with van der Waals surface area (Å²) in [5, 5.41) is 10.6. The molecule has 1 heterocycles. The number of aliphatic carboxylic acids is 1. The zero-order valence-electron chi connectivity index (χ0n) is 22.8. The highest BCUT2D eigenvalue weighted by Gasteiger charge is 2.27. The van der Waals surface area contributed by atoms with Gasteiger partial charge in [-0.3, -0.25) is 4.79 Å². The van der Waals surface area contributed by atoms with Crippen molar-refractivity contribution in [2.75, 3.05) is 19.0 Å². The van der Waals surface area contributed by atoms with E-state index < -0.39 is 15.8 Å². The smallest absolute Gasteiger partial charge is 0.304 e. The molecule has 3 aromatic rings. The third-order valence-corrected chi connectivity index (χ3v) is 8.92. The molecule has 1 atom stereocenters. The quantitative estimate of drug-likeness (QED) is 0.182. The highest BCUT2D eigenvalue weighted by Crippen LogP contribution is 2.46. The fourth-order valence-electron chi connectivity index (χ4n) is 4.75. The molecule has 0 amide bonds. The Labute approximate surface area is 255 Å². The fourth-order valence-corrected chi connectivity index (χ4v) is 6.13. The average Bonchev–Trinajstić information content (AvgIpc) is 3.36. The van der Waals surface area contributed by atoms with Crippen molar-refractivity contribution in [3.8, 4) is 28.4 Å². The minimum Gasteiger partial charge on any atom is -0.492 e. The summed E-state index contributed by atoms with van der Waals surface area (Å²) in [4.78, 5) is 11.1. The van der Waals surface area contributed by atoms with Crippen LogP contribution in [-0.2, 0) is 21.2 Å². The van der Waals surface area contributed by atoms with Crippen molar-refractivity contribution >= 4 is 51.2 Å². The van der Waals surface area contributed by atoms with Crippen LogP contribution in [0, 0.1) is 0 Å². The number of ether oxygens (including phenoxy) is 3. The van der Waals surface area contributed by atoms with Gasteiger partial charge in [-0.1, -0.05) is 79.4 Å². The SMILES string of the molecule is C=Cc1c(Cl)c(OCCCS(=O)(=O)C=C)c(Cl)c(C=C)c1-c1cccc(COc2ccc3c(c2)OC[C@H]3CC(=O)O)c1. The van der Waals surface area contributed by atoms with Crippen LogP contribution in [0.4, 0.5) is 0 Å². The van der Waals surface area contributed by atoms with Gasteiger partial charge in [0.1, 0.15) is 18.1 Å². The van der Waals surface area contributed by atoms with E-state index in [-0.39, 0.29) is 53.5 Å². The Morgan fingerprint density at radius 3 is 2.40 bits per heavy atom. The summed E-state index contributed by atoms with van der Waals surface area (Å²) in [6, 6.07) is 13.1. The van der Waals surface area contributed by atoms with Gasteiger partial charge in [0.15, 0.2) is 15.6 Å². The second kappa shape index (κ2) is 13.5. The van der Waals surface area contributed by atoms with Crippen LogP contribution in [0.1, 0.15) is 41.0 Å². The molecule has 0 spiro atoms. The van der Waals surface area contributed by atoms with Crippen molar-refractivity contribution in [2.45, 2.75) is 25.4 Å². The first-order valence-corrected chi connectivity index (χ1v) is 15.5. The van der Waals surface area contributed by atoms with Crippen LogP contribution in [0.15, 0.2) is 67.6 Å². The van der Waals surface area contributed by atoms with E-state index in [4.69, 9.17) is 42.5 Å². The van der Waals surface area contributed by atoms with E-state index in [2.05, 4.69) is 19.7 Å². The van der Waals surface area contributed by atoms with E-state index in [9.17, 15) is 13.2 Å². The first-order valence-electron chi connectivity index (χ1n) is 13.1. The van der Waals surface area contributed by atoms with Gasteiger partial charge in [0.25, 0.3) is 0 Å². The minimum atomic E-state index is -3.35. The van der Waals surface area contributed by atoms with E-state index in [0.717, 1.165) is 22.1 Å². The monoisotopic (exact) mass is 628 g/mol. The molecule has 10 heteroatoms. The summed E-state index contributed by atoms with van der Waals surface area (Å²) >= 11 is 13.5. The van der Waals surface area contributed by atoms with Crippen LogP contribution in [0.3, 0.4) is 0 Å². The van der Waals surface area contributed by atoms with Gasteiger partial charge in [0.2, 0.25) is 0 Å². The molecule has 220 valence electrons. The molecule has 0 radical (unpaired) electrons. The molecule has 1 aliphatic rings. The summed E-state index contributed by atoms with van der Waals surface area (Å²) in [6.07, 6.45) is 3.47. The van der Waals surface area contributed by atoms with E-state index in [0.29, 0.717) is 34.8 Å². The summed E-state index contributed by atoms with van der Waals surface area (Å²) in [5.41, 5.74) is 4.45. The zero-order valence-corrected chi connectivity index (χ0v) is 25.1. The first-order chi connectivity index (χ1) is 20.1. The average molecular weight is 630 g/mol. The maximum Gasteiger partial charge on any atom is 0.304 e. The van der Waals surface area contributed by atoms with E-state index >= 15 is 0 Å². The van der Waals surface area contributed by atoms with Gasteiger partial charge >= 0.3 is 5.97 Å². The largest absolute Gasteiger partial charge is 0.492 e. The van der Waals surface area contributed by atoms with Gasteiger partial charge in [-0.25, -0.2) is 8.42 Å². The molecule has 4 rings (SSSR count). The van der Waals surface area contributed by atoms with E-state index in [1.165, 1.54) is 0 Å². The molecule has 0 saturated carbocycles. The minimum absolute atomic E-state index is 0.0145. The van der Waals surface area contributed by atoms with Crippen molar-refractivity contribution in [3.05, 3.63) is 99.9 Å². The predicted molar refractivity (Wildman–Crippen MR) is 167 cm³/mol. The standard InChI is InChI=1S/C32H30Cl2O7S/c1-4-24-29(25(5-2)31(34)32(30(24)33)39-13-8-14-42(37,38)6-3)21-10-7-9-20(15-21)18-40-23-11-12-26-22(16-28(35)36)19-41-27(26)17-23/h4-7,9-12,15,17,22H,1-3,8,13-14,16,18-19H2,(H,35,36)/t22-/m1/s1. The maximum atomic E-state index is 11.7. The fraction of sp³-hybridized carbons (Fsp3) is 0.219. The highest BCUT2D eigenvalue weighted by atomic mass is 35.5. The number of carbonyl (C=O) groups is 1. The van der Waals surface area contributed by atoms with Gasteiger partial charge < -0.3 is 19.3 Å². The van der Waals surface area contributed by atoms with Crippen molar-refractivity contribution in [1.29, 1.82) is 0 Å². The third kappa shape index (κ3) is 7.01. The zero-order chi connectivity index (χ0) is 30.4. The number of rotatable bonds is 14. The summed E-state index contributed by atoms with van der Waals surface area (Å²) in [6.45, 7) is 11.9. The topological polar surface area (TPSA) is 99.1 Å². The van der Waals surface area contributed by atoms with Gasteiger partial charge in [-0.15, -0.1) is 0 Å². The van der Waals surface area contributed by atoms with Gasteiger partial charge in [0.05, 0.1) is 35.4 Å². The van der Waals surface area contributed by atoms with Crippen LogP contribution in [0.25, 0.3) is 23.3 Å². The summed E-state index contributed by atoms with van der Waals surface area (Å²) < 4.78 is 41.0. The summed E-state index contributed by atoms with van der Waals surface area (Å²) in [5.74, 6) is 0.315. The second-order valence-electron chi connectivity index (χ2n) is 9.60. The van der Waals surface area contributed by atoms with Crippen LogP contribution >= 0.6 is 23.2 Å². The van der Waals surface area contributed by atoms with Crippen LogP contribution < -0.4 is 14.2 Å². The molecule has 42 heavy (non-hydrogen) atoms. The van der Waals surface area contributed by atoms with Crippen molar-refractivity contribution in [3.63, 3.8) is 0 Å². The van der Waals surface area contributed by atoms with Crippen molar-refractivity contribution in [1.82, 2.24) is 0 Å². The van der Waals surface area contributed by atoms with Crippen molar-refractivity contribution in [2.24, 2.45) is 0 Å². The molecule has 0 aromatic heterocycles. The maximum absolute atomic E-state index is 11.7. The Morgan fingerprint density at radius 1 is 1.05 bits per heavy atom. The molecular weight excluding hydrogens is 599 g/mol. The van der Waals surface area contributed by atoms with Gasteiger partial charge in [-0.2, -0.15) is 0 Å². The van der Waals surface area contributed by atoms with Crippen LogP contribution in [-0.4, -0.2) is 38.5 Å². The number of halogens is 2. The number of hydrogen-bond acceptors (Lipinski definition) is 6. The van der Waals surface area contributed by atoms with Gasteiger partial charge in [0, 0.05) is 34.1 Å². The highest BCUT2D eigenvalue weighted by molar-refractivity contribution is 7.94. The molecule has 0 bridgehead atoms. The molecule has 0 saturated heterocycles.